The number of nitrogens with zero attached hydrogens (tertiary/aromatic N) is 2. The van der Waals surface area contributed by atoms with Crippen LogP contribution in [0.3, 0.4) is 0 Å². The summed E-state index contributed by atoms with van der Waals surface area (Å²) in [6.45, 7) is 0.738. The fourth-order valence-corrected chi connectivity index (χ4v) is 3.44. The van der Waals surface area contributed by atoms with E-state index in [4.69, 9.17) is 9.47 Å². The topological polar surface area (TPSA) is 63.7 Å². The van der Waals surface area contributed by atoms with Gasteiger partial charge < -0.3 is 14.4 Å². The highest BCUT2D eigenvalue weighted by Gasteiger charge is 2.10. The molecule has 0 aliphatic carbocycles. The van der Waals surface area contributed by atoms with Crippen molar-refractivity contribution in [1.29, 1.82) is 0 Å². The summed E-state index contributed by atoms with van der Waals surface area (Å²) >= 11 is 4.84. The second-order valence-corrected chi connectivity index (χ2v) is 7.16. The lowest BCUT2D eigenvalue weighted by Crippen LogP contribution is -2.11. The lowest BCUT2D eigenvalue weighted by atomic mass is 10.2. The Labute approximate surface area is 159 Å². The van der Waals surface area contributed by atoms with Gasteiger partial charge >= 0.3 is 0 Å². The van der Waals surface area contributed by atoms with Gasteiger partial charge in [0.25, 0.3) is 0 Å². The largest absolute Gasteiger partial charge is 0.493 e. The number of hydrogen-bond donors (Lipinski definition) is 1. The molecule has 0 fully saturated rings. The van der Waals surface area contributed by atoms with Gasteiger partial charge in [0.2, 0.25) is 5.91 Å². The number of nitrogens with one attached hydrogen (secondary N) is 1. The van der Waals surface area contributed by atoms with E-state index in [1.807, 2.05) is 30.4 Å². The maximum atomic E-state index is 12.1. The highest BCUT2D eigenvalue weighted by atomic mass is 79.9. The SMILES string of the molecule is COc1cc(/C=C/C(=O)Nc2nc(CN(C)C)cs2)cc(Br)c1OC. The Morgan fingerprint density at radius 3 is 2.76 bits per heavy atom. The fraction of sp³-hybridized carbons (Fsp3) is 0.294. The molecule has 2 rings (SSSR count). The van der Waals surface area contributed by atoms with E-state index >= 15 is 0 Å². The van der Waals surface area contributed by atoms with Gasteiger partial charge in [-0.05, 0) is 53.8 Å². The molecular formula is C17H20BrN3O3S. The van der Waals surface area contributed by atoms with Gasteiger partial charge in [-0.15, -0.1) is 11.3 Å². The molecule has 0 saturated carbocycles. The van der Waals surface area contributed by atoms with Crippen molar-refractivity contribution in [2.75, 3.05) is 33.6 Å². The van der Waals surface area contributed by atoms with Crippen LogP contribution in [0.25, 0.3) is 6.08 Å². The lowest BCUT2D eigenvalue weighted by molar-refractivity contribution is -0.111. The summed E-state index contributed by atoms with van der Waals surface area (Å²) in [4.78, 5) is 18.5. The fourth-order valence-electron chi connectivity index (χ4n) is 2.11. The Kier molecular flexibility index (Phi) is 6.98. The molecular weight excluding hydrogens is 406 g/mol. The van der Waals surface area contributed by atoms with E-state index < -0.39 is 0 Å². The van der Waals surface area contributed by atoms with Gasteiger partial charge in [0.15, 0.2) is 16.6 Å². The molecule has 1 heterocycles. The van der Waals surface area contributed by atoms with Crippen molar-refractivity contribution in [3.8, 4) is 11.5 Å². The van der Waals surface area contributed by atoms with Gasteiger partial charge in [0, 0.05) is 18.0 Å². The summed E-state index contributed by atoms with van der Waals surface area (Å²) < 4.78 is 11.3. The van der Waals surface area contributed by atoms with Gasteiger partial charge in [-0.25, -0.2) is 4.98 Å². The van der Waals surface area contributed by atoms with Crippen molar-refractivity contribution >= 4 is 44.4 Å². The van der Waals surface area contributed by atoms with Crippen LogP contribution < -0.4 is 14.8 Å². The molecule has 1 N–H and O–H groups in total. The summed E-state index contributed by atoms with van der Waals surface area (Å²) in [5.41, 5.74) is 1.74. The van der Waals surface area contributed by atoms with Crippen LogP contribution in [0.2, 0.25) is 0 Å². The van der Waals surface area contributed by atoms with Gasteiger partial charge in [0.05, 0.1) is 24.4 Å². The Morgan fingerprint density at radius 2 is 2.12 bits per heavy atom. The second-order valence-electron chi connectivity index (χ2n) is 5.44. The minimum Gasteiger partial charge on any atom is -0.493 e. The Balaban J connectivity index is 2.05. The summed E-state index contributed by atoms with van der Waals surface area (Å²) in [6.07, 6.45) is 3.16. The van der Waals surface area contributed by atoms with Crippen LogP contribution in [0.1, 0.15) is 11.3 Å². The van der Waals surface area contributed by atoms with E-state index in [9.17, 15) is 4.79 Å². The van der Waals surface area contributed by atoms with Crippen LogP contribution in [-0.4, -0.2) is 44.1 Å². The number of rotatable bonds is 7. The average molecular weight is 426 g/mol. The number of amides is 1. The molecule has 1 amide bonds. The number of anilines is 1. The van der Waals surface area contributed by atoms with Crippen LogP contribution in [-0.2, 0) is 11.3 Å². The molecule has 0 unspecified atom stereocenters. The molecule has 8 heteroatoms. The minimum atomic E-state index is -0.239. The molecule has 0 saturated heterocycles. The third-order valence-corrected chi connectivity index (χ3v) is 4.54. The molecule has 0 atom stereocenters. The first-order valence-corrected chi connectivity index (χ1v) is 9.10. The molecule has 0 radical (unpaired) electrons. The van der Waals surface area contributed by atoms with E-state index in [2.05, 4.69) is 26.2 Å². The lowest BCUT2D eigenvalue weighted by Gasteiger charge is -2.10. The first kappa shape index (κ1) is 19.4. The molecule has 0 bridgehead atoms. The van der Waals surface area contributed by atoms with Crippen LogP contribution in [0, 0.1) is 0 Å². The zero-order valence-electron chi connectivity index (χ0n) is 14.5. The molecule has 0 aliphatic rings. The number of halogens is 1. The average Bonchev–Trinajstić information content (AvgIpc) is 2.98. The molecule has 2 aromatic rings. The Hall–Kier alpha value is -1.90. The number of ether oxygens (including phenoxy) is 2. The van der Waals surface area contributed by atoms with Crippen molar-refractivity contribution in [2.45, 2.75) is 6.54 Å². The number of methoxy groups -OCH3 is 2. The normalized spacial score (nSPS) is 11.1. The van der Waals surface area contributed by atoms with Gasteiger partial charge in [-0.1, -0.05) is 0 Å². The van der Waals surface area contributed by atoms with E-state index in [0.29, 0.717) is 16.6 Å². The highest BCUT2D eigenvalue weighted by molar-refractivity contribution is 9.10. The monoisotopic (exact) mass is 425 g/mol. The Bertz CT molecular complexity index is 774. The summed E-state index contributed by atoms with van der Waals surface area (Å²) in [7, 11) is 7.09. The first-order chi connectivity index (χ1) is 11.9. The van der Waals surface area contributed by atoms with Crippen molar-refractivity contribution in [1.82, 2.24) is 9.88 Å². The van der Waals surface area contributed by atoms with E-state index in [1.165, 1.54) is 17.4 Å². The molecule has 1 aromatic carbocycles. The number of thiazole rings is 1. The van der Waals surface area contributed by atoms with E-state index in [1.54, 1.807) is 26.4 Å². The van der Waals surface area contributed by atoms with Crippen molar-refractivity contribution in [3.63, 3.8) is 0 Å². The molecule has 0 aliphatic heterocycles. The summed E-state index contributed by atoms with van der Waals surface area (Å²) in [5, 5.41) is 5.29. The second kappa shape index (κ2) is 8.98. The van der Waals surface area contributed by atoms with Gasteiger partial charge in [-0.3, -0.25) is 10.1 Å². The molecule has 1 aromatic heterocycles. The number of aromatic nitrogens is 1. The molecule has 6 nitrogen and oxygen atoms in total. The quantitative estimate of drug-likeness (QED) is 0.685. The predicted octanol–water partition coefficient (Wildman–Crippen LogP) is 3.64. The van der Waals surface area contributed by atoms with Crippen molar-refractivity contribution < 1.29 is 14.3 Å². The third-order valence-electron chi connectivity index (χ3n) is 3.14. The Morgan fingerprint density at radius 1 is 1.36 bits per heavy atom. The zero-order valence-corrected chi connectivity index (χ0v) is 16.9. The maximum absolute atomic E-state index is 12.1. The number of carbonyl (C=O) groups excluding carboxylic acids is 1. The van der Waals surface area contributed by atoms with Gasteiger partial charge in [-0.2, -0.15) is 0 Å². The smallest absolute Gasteiger partial charge is 0.250 e. The number of hydrogen-bond acceptors (Lipinski definition) is 6. The molecule has 134 valence electrons. The van der Waals surface area contributed by atoms with E-state index in [-0.39, 0.29) is 5.91 Å². The minimum absolute atomic E-state index is 0.239. The van der Waals surface area contributed by atoms with Crippen LogP contribution in [0.15, 0.2) is 28.1 Å². The predicted molar refractivity (Wildman–Crippen MR) is 104 cm³/mol. The van der Waals surface area contributed by atoms with Crippen LogP contribution in [0.4, 0.5) is 5.13 Å². The summed E-state index contributed by atoms with van der Waals surface area (Å²) in [6, 6.07) is 3.65. The third kappa shape index (κ3) is 5.55. The van der Waals surface area contributed by atoms with Crippen molar-refractivity contribution in [3.05, 3.63) is 39.3 Å². The highest BCUT2D eigenvalue weighted by Crippen LogP contribution is 2.36. The first-order valence-electron chi connectivity index (χ1n) is 7.42. The van der Waals surface area contributed by atoms with E-state index in [0.717, 1.165) is 22.3 Å². The summed E-state index contributed by atoms with van der Waals surface area (Å²) in [5.74, 6) is 0.960. The number of carbonyl (C=O) groups is 1. The van der Waals surface area contributed by atoms with Crippen LogP contribution in [0.5, 0.6) is 11.5 Å². The van der Waals surface area contributed by atoms with Crippen LogP contribution >= 0.6 is 27.3 Å². The van der Waals surface area contributed by atoms with Crippen molar-refractivity contribution in [2.24, 2.45) is 0 Å². The standard InChI is InChI=1S/C17H20BrN3O3S/c1-21(2)9-12-10-25-17(19-12)20-15(22)6-5-11-7-13(18)16(24-4)14(8-11)23-3/h5-8,10H,9H2,1-4H3,(H,19,20,22)/b6-5+. The zero-order chi connectivity index (χ0) is 18.4. The molecule has 0 spiro atoms. The molecule has 25 heavy (non-hydrogen) atoms. The number of benzene rings is 1. The maximum Gasteiger partial charge on any atom is 0.250 e. The van der Waals surface area contributed by atoms with Gasteiger partial charge in [0.1, 0.15) is 0 Å².